The first-order chi connectivity index (χ1) is 14.2. The van der Waals surface area contributed by atoms with Crippen molar-refractivity contribution in [1.29, 1.82) is 0 Å². The van der Waals surface area contributed by atoms with Crippen LogP contribution >= 0.6 is 0 Å². The molecule has 0 unspecified atom stereocenters. The fourth-order valence-corrected chi connectivity index (χ4v) is 3.03. The Kier molecular flexibility index (Phi) is 5.20. The minimum absolute atomic E-state index is 0.265. The molecule has 0 saturated carbocycles. The van der Waals surface area contributed by atoms with Gasteiger partial charge in [0.2, 0.25) is 0 Å². The molecule has 0 bridgehead atoms. The average molecular weight is 392 g/mol. The fourth-order valence-electron chi connectivity index (χ4n) is 3.03. The van der Waals surface area contributed by atoms with E-state index in [4.69, 9.17) is 18.9 Å². The Labute approximate surface area is 168 Å². The van der Waals surface area contributed by atoms with Crippen LogP contribution in [0.5, 0.6) is 23.0 Å². The predicted octanol–water partition coefficient (Wildman–Crippen LogP) is 3.79. The van der Waals surface area contributed by atoms with Crippen LogP contribution in [-0.4, -0.2) is 38.3 Å². The summed E-state index contributed by atoms with van der Waals surface area (Å²) in [4.78, 5) is 17.0. The molecule has 0 saturated heterocycles. The number of rotatable bonds is 5. The second-order valence-corrected chi connectivity index (χ2v) is 6.31. The molecule has 7 heteroatoms. The Balaban J connectivity index is 1.53. The summed E-state index contributed by atoms with van der Waals surface area (Å²) in [6.07, 6.45) is 1.53. The number of hydrogen-bond acceptors (Lipinski definition) is 6. The molecular formula is C22H20N2O5. The van der Waals surface area contributed by atoms with Crippen molar-refractivity contribution in [2.45, 2.75) is 0 Å². The van der Waals surface area contributed by atoms with Crippen molar-refractivity contribution in [2.75, 3.05) is 32.8 Å². The minimum Gasteiger partial charge on any atom is -0.497 e. The van der Waals surface area contributed by atoms with Crippen LogP contribution in [0.1, 0.15) is 10.4 Å². The van der Waals surface area contributed by atoms with Gasteiger partial charge in [-0.25, -0.2) is 0 Å². The van der Waals surface area contributed by atoms with Gasteiger partial charge < -0.3 is 24.3 Å². The molecule has 0 fully saturated rings. The van der Waals surface area contributed by atoms with E-state index < -0.39 is 0 Å². The number of anilines is 1. The van der Waals surface area contributed by atoms with E-state index in [-0.39, 0.29) is 5.91 Å². The summed E-state index contributed by atoms with van der Waals surface area (Å²) in [6.45, 7) is 1.01. The van der Waals surface area contributed by atoms with Crippen LogP contribution in [0.3, 0.4) is 0 Å². The van der Waals surface area contributed by atoms with Gasteiger partial charge in [-0.1, -0.05) is 0 Å². The summed E-state index contributed by atoms with van der Waals surface area (Å²) in [5.74, 6) is 2.40. The number of methoxy groups -OCH3 is 2. The quantitative estimate of drug-likeness (QED) is 0.712. The molecule has 2 aromatic carbocycles. The number of fused-ring (bicyclic) bond motifs is 1. The first-order valence-corrected chi connectivity index (χ1v) is 9.07. The van der Waals surface area contributed by atoms with Crippen molar-refractivity contribution in [3.05, 3.63) is 60.3 Å². The molecule has 1 aliphatic rings. The van der Waals surface area contributed by atoms with Crippen molar-refractivity contribution in [2.24, 2.45) is 0 Å². The van der Waals surface area contributed by atoms with Crippen LogP contribution in [0.15, 0.2) is 54.7 Å². The Hall–Kier alpha value is -3.74. The topological polar surface area (TPSA) is 78.9 Å². The summed E-state index contributed by atoms with van der Waals surface area (Å²) in [5.41, 5.74) is 2.52. The monoisotopic (exact) mass is 392 g/mol. The molecule has 4 rings (SSSR count). The second-order valence-electron chi connectivity index (χ2n) is 6.31. The van der Waals surface area contributed by atoms with Crippen molar-refractivity contribution < 1.29 is 23.7 Å². The molecule has 1 N–H and O–H groups in total. The van der Waals surface area contributed by atoms with E-state index >= 15 is 0 Å². The highest BCUT2D eigenvalue weighted by atomic mass is 16.6. The third-order valence-electron chi connectivity index (χ3n) is 4.51. The van der Waals surface area contributed by atoms with Crippen LogP contribution in [0.25, 0.3) is 11.3 Å². The Morgan fingerprint density at radius 3 is 2.52 bits per heavy atom. The fraction of sp³-hybridized carbons (Fsp3) is 0.182. The Bertz CT molecular complexity index is 1030. The number of nitrogens with zero attached hydrogens (tertiary/aromatic N) is 1. The summed E-state index contributed by atoms with van der Waals surface area (Å²) in [5, 5.41) is 2.85. The molecular weight excluding hydrogens is 372 g/mol. The summed E-state index contributed by atoms with van der Waals surface area (Å²) < 4.78 is 21.7. The molecule has 1 aromatic heterocycles. The van der Waals surface area contributed by atoms with Gasteiger partial charge in [-0.2, -0.15) is 0 Å². The van der Waals surface area contributed by atoms with E-state index in [0.717, 1.165) is 5.56 Å². The van der Waals surface area contributed by atoms with Crippen LogP contribution in [-0.2, 0) is 0 Å². The number of benzene rings is 2. The zero-order valence-corrected chi connectivity index (χ0v) is 16.1. The smallest absolute Gasteiger partial charge is 0.257 e. The number of nitrogens with one attached hydrogen (secondary N) is 1. The molecule has 0 atom stereocenters. The maximum atomic E-state index is 12.6. The first kappa shape index (κ1) is 18.6. The van der Waals surface area contributed by atoms with Gasteiger partial charge in [0, 0.05) is 23.5 Å². The van der Waals surface area contributed by atoms with Crippen LogP contribution < -0.4 is 24.3 Å². The summed E-state index contributed by atoms with van der Waals surface area (Å²) in [7, 11) is 3.20. The van der Waals surface area contributed by atoms with Gasteiger partial charge in [-0.3, -0.25) is 9.78 Å². The van der Waals surface area contributed by atoms with Crippen LogP contribution in [0.2, 0.25) is 0 Å². The third-order valence-corrected chi connectivity index (χ3v) is 4.51. The molecule has 7 nitrogen and oxygen atoms in total. The lowest BCUT2D eigenvalue weighted by molar-refractivity contribution is 0.102. The lowest BCUT2D eigenvalue weighted by atomic mass is 10.1. The minimum atomic E-state index is -0.265. The van der Waals surface area contributed by atoms with Crippen molar-refractivity contribution in [3.8, 4) is 34.3 Å². The zero-order valence-electron chi connectivity index (χ0n) is 16.1. The van der Waals surface area contributed by atoms with E-state index in [0.29, 0.717) is 53.2 Å². The first-order valence-electron chi connectivity index (χ1n) is 9.07. The molecule has 1 aliphatic heterocycles. The SMILES string of the molecule is COc1ccc(OC)c(-c2ccc(C(=O)Nc3ccc4c(c3)OCCO4)cn2)c1. The van der Waals surface area contributed by atoms with Gasteiger partial charge in [0.1, 0.15) is 24.7 Å². The van der Waals surface area contributed by atoms with E-state index in [1.165, 1.54) is 6.20 Å². The van der Waals surface area contributed by atoms with Crippen molar-refractivity contribution in [1.82, 2.24) is 4.98 Å². The lowest BCUT2D eigenvalue weighted by Gasteiger charge is -2.19. The van der Waals surface area contributed by atoms with E-state index in [1.807, 2.05) is 18.2 Å². The molecule has 148 valence electrons. The molecule has 0 radical (unpaired) electrons. The van der Waals surface area contributed by atoms with Gasteiger partial charge in [-0.05, 0) is 42.5 Å². The standard InChI is InChI=1S/C22H20N2O5/c1-26-16-5-8-19(27-2)17(12-16)18-6-3-14(13-23-18)22(25)24-15-4-7-20-21(11-15)29-10-9-28-20/h3-8,11-13H,9-10H2,1-2H3,(H,24,25). The van der Waals surface area contributed by atoms with Crippen molar-refractivity contribution in [3.63, 3.8) is 0 Å². The lowest BCUT2D eigenvalue weighted by Crippen LogP contribution is -2.16. The number of amides is 1. The number of ether oxygens (including phenoxy) is 4. The zero-order chi connectivity index (χ0) is 20.2. The number of carbonyl (C=O) groups excluding carboxylic acids is 1. The van der Waals surface area contributed by atoms with Gasteiger partial charge in [0.05, 0.1) is 25.5 Å². The van der Waals surface area contributed by atoms with E-state index in [1.54, 1.807) is 44.6 Å². The molecule has 1 amide bonds. The molecule has 3 aromatic rings. The maximum absolute atomic E-state index is 12.6. The van der Waals surface area contributed by atoms with Gasteiger partial charge in [-0.15, -0.1) is 0 Å². The summed E-state index contributed by atoms with van der Waals surface area (Å²) >= 11 is 0. The van der Waals surface area contributed by atoms with E-state index in [9.17, 15) is 4.79 Å². The van der Waals surface area contributed by atoms with E-state index in [2.05, 4.69) is 10.3 Å². The number of aromatic nitrogens is 1. The average Bonchev–Trinajstić information content (AvgIpc) is 2.78. The summed E-state index contributed by atoms with van der Waals surface area (Å²) in [6, 6.07) is 14.3. The van der Waals surface area contributed by atoms with Crippen molar-refractivity contribution >= 4 is 11.6 Å². The maximum Gasteiger partial charge on any atom is 0.257 e. The molecule has 2 heterocycles. The third kappa shape index (κ3) is 3.94. The highest BCUT2D eigenvalue weighted by molar-refractivity contribution is 6.04. The molecule has 0 spiro atoms. The number of pyridine rings is 1. The molecule has 0 aliphatic carbocycles. The van der Waals surface area contributed by atoms with Crippen LogP contribution in [0, 0.1) is 0 Å². The predicted molar refractivity (Wildman–Crippen MR) is 108 cm³/mol. The molecule has 29 heavy (non-hydrogen) atoms. The van der Waals surface area contributed by atoms with Crippen LogP contribution in [0.4, 0.5) is 5.69 Å². The largest absolute Gasteiger partial charge is 0.497 e. The van der Waals surface area contributed by atoms with Gasteiger partial charge in [0.15, 0.2) is 11.5 Å². The second kappa shape index (κ2) is 8.10. The Morgan fingerprint density at radius 2 is 1.79 bits per heavy atom. The highest BCUT2D eigenvalue weighted by Gasteiger charge is 2.14. The number of hydrogen-bond donors (Lipinski definition) is 1. The normalized spacial score (nSPS) is 12.2. The highest BCUT2D eigenvalue weighted by Crippen LogP contribution is 2.33. The number of carbonyl (C=O) groups is 1. The Morgan fingerprint density at radius 1 is 0.966 bits per heavy atom. The van der Waals surface area contributed by atoms with Gasteiger partial charge in [0.25, 0.3) is 5.91 Å². The van der Waals surface area contributed by atoms with Gasteiger partial charge >= 0.3 is 0 Å².